The molecule has 1 saturated heterocycles. The Morgan fingerprint density at radius 2 is 1.62 bits per heavy atom. The summed E-state index contributed by atoms with van der Waals surface area (Å²) >= 11 is 0. The molecule has 2 saturated carbocycles. The van der Waals surface area contributed by atoms with Gasteiger partial charge in [0.25, 0.3) is 0 Å². The maximum atomic E-state index is 5.51. The number of ether oxygens (including phenoxy) is 1. The van der Waals surface area contributed by atoms with Gasteiger partial charge in [0.2, 0.25) is 0 Å². The summed E-state index contributed by atoms with van der Waals surface area (Å²) in [5.74, 6) is 0. The van der Waals surface area contributed by atoms with Crippen LogP contribution in [0.15, 0.2) is 0 Å². The van der Waals surface area contributed by atoms with Gasteiger partial charge < -0.3 is 4.74 Å². The Bertz CT molecular complexity index is 108. The van der Waals surface area contributed by atoms with Crippen LogP contribution in [0.25, 0.3) is 0 Å². The summed E-state index contributed by atoms with van der Waals surface area (Å²) in [5, 5.41) is 0. The van der Waals surface area contributed by atoms with Crippen molar-refractivity contribution < 1.29 is 4.74 Å². The van der Waals surface area contributed by atoms with E-state index >= 15 is 0 Å². The number of hydrogen-bond donors (Lipinski definition) is 0. The molecule has 0 aromatic rings. The van der Waals surface area contributed by atoms with Gasteiger partial charge in [0.05, 0.1) is 12.2 Å². The lowest BCUT2D eigenvalue weighted by atomic mass is 9.41. The Kier molecular flexibility index (Phi) is 0.372. The molecule has 44 valence electrons. The lowest BCUT2D eigenvalue weighted by molar-refractivity contribution is -0.387. The van der Waals surface area contributed by atoms with Crippen LogP contribution in [-0.4, -0.2) is 12.2 Å². The fourth-order valence-corrected chi connectivity index (χ4v) is 2.53. The topological polar surface area (TPSA) is 9.23 Å². The molecule has 8 heavy (non-hydrogen) atoms. The Morgan fingerprint density at radius 3 is 1.62 bits per heavy atom. The van der Waals surface area contributed by atoms with E-state index < -0.39 is 0 Å². The molecule has 0 radical (unpaired) electrons. The molecule has 2 aliphatic carbocycles. The first-order chi connectivity index (χ1) is 3.87. The van der Waals surface area contributed by atoms with Crippen LogP contribution < -0.4 is 0 Å². The quantitative estimate of drug-likeness (QED) is 0.457. The van der Waals surface area contributed by atoms with Gasteiger partial charge in [-0.3, -0.25) is 0 Å². The van der Waals surface area contributed by atoms with E-state index in [1.807, 2.05) is 0 Å². The van der Waals surface area contributed by atoms with Gasteiger partial charge in [-0.1, -0.05) is 0 Å². The summed E-state index contributed by atoms with van der Waals surface area (Å²) in [7, 11) is 0. The van der Waals surface area contributed by atoms with E-state index in [2.05, 4.69) is 0 Å². The highest BCUT2D eigenvalue weighted by Crippen LogP contribution is 2.72. The molecule has 0 spiro atoms. The minimum atomic E-state index is 0.479. The SMILES string of the molecule is C1CC23CCC12CO3. The van der Waals surface area contributed by atoms with Gasteiger partial charge in [0.15, 0.2) is 0 Å². The summed E-state index contributed by atoms with van der Waals surface area (Å²) in [4.78, 5) is 0. The predicted molar refractivity (Wildman–Crippen MR) is 29.6 cm³/mol. The molecule has 0 unspecified atom stereocenters. The molecule has 0 bridgehead atoms. The van der Waals surface area contributed by atoms with E-state index in [0.717, 1.165) is 12.0 Å². The first-order valence-corrected chi connectivity index (χ1v) is 3.51. The summed E-state index contributed by atoms with van der Waals surface area (Å²) in [5.41, 5.74) is 1.24. The molecule has 1 heteroatoms. The summed E-state index contributed by atoms with van der Waals surface area (Å²) in [6.45, 7) is 1.09. The maximum absolute atomic E-state index is 5.51. The van der Waals surface area contributed by atoms with Crippen molar-refractivity contribution in [1.29, 1.82) is 0 Å². The van der Waals surface area contributed by atoms with Gasteiger partial charge in [-0.05, 0) is 25.7 Å². The predicted octanol–water partition coefficient (Wildman–Crippen LogP) is 1.33. The molecule has 0 aromatic heterocycles. The highest BCUT2D eigenvalue weighted by atomic mass is 16.5. The average molecular weight is 110 g/mol. The molecule has 1 aliphatic heterocycles. The Labute approximate surface area is 49.0 Å². The van der Waals surface area contributed by atoms with Gasteiger partial charge >= 0.3 is 0 Å². The fourth-order valence-electron chi connectivity index (χ4n) is 2.53. The maximum Gasteiger partial charge on any atom is 0.0761 e. The largest absolute Gasteiger partial charge is 0.374 e. The summed E-state index contributed by atoms with van der Waals surface area (Å²) < 4.78 is 5.51. The first kappa shape index (κ1) is 3.89. The second-order valence-corrected chi connectivity index (χ2v) is 3.56. The van der Waals surface area contributed by atoms with Gasteiger partial charge in [-0.15, -0.1) is 0 Å². The summed E-state index contributed by atoms with van der Waals surface area (Å²) in [6.07, 6.45) is 5.67. The third-order valence-corrected chi connectivity index (χ3v) is 3.61. The molecule has 3 rings (SSSR count). The third kappa shape index (κ3) is 0.163. The van der Waals surface area contributed by atoms with Gasteiger partial charge in [0.1, 0.15) is 0 Å². The smallest absolute Gasteiger partial charge is 0.0761 e. The lowest BCUT2D eigenvalue weighted by Gasteiger charge is -2.75. The average Bonchev–Trinajstić information content (AvgIpc) is 1.90. The Balaban J connectivity index is 2.05. The third-order valence-electron chi connectivity index (χ3n) is 3.61. The van der Waals surface area contributed by atoms with Crippen LogP contribution in [0.4, 0.5) is 0 Å². The summed E-state index contributed by atoms with van der Waals surface area (Å²) in [6, 6.07) is 0. The van der Waals surface area contributed by atoms with Crippen LogP contribution >= 0.6 is 0 Å². The van der Waals surface area contributed by atoms with E-state index in [0.29, 0.717) is 5.60 Å². The molecule has 0 aromatic carbocycles. The van der Waals surface area contributed by atoms with Crippen molar-refractivity contribution in [3.8, 4) is 0 Å². The zero-order valence-electron chi connectivity index (χ0n) is 4.94. The highest BCUT2D eigenvalue weighted by Gasteiger charge is 2.73. The van der Waals surface area contributed by atoms with Crippen LogP contribution in [-0.2, 0) is 4.74 Å². The van der Waals surface area contributed by atoms with Crippen LogP contribution in [0.1, 0.15) is 25.7 Å². The lowest BCUT2D eigenvalue weighted by Crippen LogP contribution is -2.76. The minimum Gasteiger partial charge on any atom is -0.374 e. The standard InChI is InChI=1S/C7H10O/c1-3-7-4-2-6(1,7)5-8-7/h1-5H2. The first-order valence-electron chi connectivity index (χ1n) is 3.51. The molecule has 0 amide bonds. The second-order valence-electron chi connectivity index (χ2n) is 3.56. The number of rotatable bonds is 0. The molecule has 1 nitrogen and oxygen atoms in total. The van der Waals surface area contributed by atoms with Crippen molar-refractivity contribution in [2.24, 2.45) is 5.41 Å². The molecule has 1 heterocycles. The van der Waals surface area contributed by atoms with E-state index in [1.54, 1.807) is 0 Å². The van der Waals surface area contributed by atoms with Crippen molar-refractivity contribution in [3.05, 3.63) is 0 Å². The normalized spacial score (nSPS) is 66.0. The van der Waals surface area contributed by atoms with Crippen molar-refractivity contribution in [1.82, 2.24) is 0 Å². The Hall–Kier alpha value is -0.0400. The zero-order chi connectivity index (χ0) is 5.24. The second kappa shape index (κ2) is 0.766. The van der Waals surface area contributed by atoms with E-state index in [9.17, 15) is 0 Å². The van der Waals surface area contributed by atoms with Crippen molar-refractivity contribution >= 4 is 0 Å². The fraction of sp³-hybridized carbons (Fsp3) is 1.00. The molecular weight excluding hydrogens is 100 g/mol. The van der Waals surface area contributed by atoms with Gasteiger partial charge in [0, 0.05) is 5.41 Å². The highest BCUT2D eigenvalue weighted by molar-refractivity contribution is 5.22. The van der Waals surface area contributed by atoms with Crippen LogP contribution in [0.5, 0.6) is 0 Å². The van der Waals surface area contributed by atoms with Gasteiger partial charge in [-0.2, -0.15) is 0 Å². The Morgan fingerprint density at radius 1 is 1.00 bits per heavy atom. The van der Waals surface area contributed by atoms with Crippen molar-refractivity contribution in [2.45, 2.75) is 31.3 Å². The molecule has 0 atom stereocenters. The van der Waals surface area contributed by atoms with E-state index in [1.165, 1.54) is 25.7 Å². The van der Waals surface area contributed by atoms with Crippen molar-refractivity contribution in [3.63, 3.8) is 0 Å². The minimum absolute atomic E-state index is 0.479. The van der Waals surface area contributed by atoms with Crippen molar-refractivity contribution in [2.75, 3.05) is 6.61 Å². The van der Waals surface area contributed by atoms with Crippen LogP contribution in [0, 0.1) is 5.41 Å². The van der Waals surface area contributed by atoms with Crippen LogP contribution in [0.2, 0.25) is 0 Å². The van der Waals surface area contributed by atoms with E-state index in [4.69, 9.17) is 4.74 Å². The molecular formula is C7H10O. The molecule has 0 N–H and O–H groups in total. The number of hydrogen-bond acceptors (Lipinski definition) is 1. The van der Waals surface area contributed by atoms with Crippen LogP contribution in [0.3, 0.4) is 0 Å². The van der Waals surface area contributed by atoms with Gasteiger partial charge in [-0.25, -0.2) is 0 Å². The monoisotopic (exact) mass is 110 g/mol. The zero-order valence-corrected chi connectivity index (χ0v) is 4.94. The molecule has 3 aliphatic rings. The molecule has 3 fully saturated rings. The van der Waals surface area contributed by atoms with E-state index in [-0.39, 0.29) is 0 Å².